The maximum atomic E-state index is 13.3. The molecule has 0 aliphatic carbocycles. The van der Waals surface area contributed by atoms with E-state index in [0.29, 0.717) is 6.54 Å². The Hall–Kier alpha value is -4.47. The number of carbonyl (C=O) groups is 3. The molecule has 2 aromatic heterocycles. The van der Waals surface area contributed by atoms with Crippen molar-refractivity contribution >= 4 is 17.8 Å². The predicted octanol–water partition coefficient (Wildman–Crippen LogP) is 4.37. The highest BCUT2D eigenvalue weighted by Gasteiger charge is 2.45. The summed E-state index contributed by atoms with van der Waals surface area (Å²) in [5.74, 6) is -5.73. The third-order valence-corrected chi connectivity index (χ3v) is 6.23. The minimum atomic E-state index is -5.08. The molecule has 4 heterocycles. The van der Waals surface area contributed by atoms with E-state index in [1.807, 2.05) is 35.5 Å². The summed E-state index contributed by atoms with van der Waals surface area (Å²) in [6.45, 7) is 3.00. The van der Waals surface area contributed by atoms with E-state index in [1.165, 1.54) is 17.7 Å². The van der Waals surface area contributed by atoms with Gasteiger partial charge in [0.15, 0.2) is 0 Å². The molecule has 3 aromatic rings. The van der Waals surface area contributed by atoms with Gasteiger partial charge in [-0.15, -0.1) is 0 Å². The number of rotatable bonds is 4. The molecule has 226 valence electrons. The molecule has 2 aliphatic heterocycles. The maximum Gasteiger partial charge on any atom is 0.490 e. The topological polar surface area (TPSA) is 116 Å². The third kappa shape index (κ3) is 8.28. The van der Waals surface area contributed by atoms with Crippen molar-refractivity contribution < 1.29 is 55.3 Å². The Balaban J connectivity index is 0.000000289. The van der Waals surface area contributed by atoms with E-state index in [4.69, 9.17) is 19.8 Å². The molecule has 42 heavy (non-hydrogen) atoms. The van der Waals surface area contributed by atoms with Gasteiger partial charge < -0.3 is 19.7 Å². The van der Waals surface area contributed by atoms with E-state index in [9.17, 15) is 35.5 Å². The van der Waals surface area contributed by atoms with Crippen LogP contribution in [0.2, 0.25) is 0 Å². The summed E-state index contributed by atoms with van der Waals surface area (Å²) in [4.78, 5) is 39.5. The number of benzene rings is 1. The molecule has 1 aromatic carbocycles. The number of carboxylic acid groups (broad SMARTS) is 2. The maximum absolute atomic E-state index is 13.3. The first-order valence-electron chi connectivity index (χ1n) is 12.0. The first-order valence-corrected chi connectivity index (χ1v) is 12.0. The number of amides is 1. The summed E-state index contributed by atoms with van der Waals surface area (Å²) in [6, 6.07) is 14.6. The molecule has 16 heteroatoms. The summed E-state index contributed by atoms with van der Waals surface area (Å²) in [7, 11) is 0. The van der Waals surface area contributed by atoms with Gasteiger partial charge in [0.25, 0.3) is 5.91 Å². The van der Waals surface area contributed by atoms with E-state index in [-0.39, 0.29) is 23.8 Å². The molecule has 5 rings (SSSR count). The summed E-state index contributed by atoms with van der Waals surface area (Å²) in [6.07, 6.45) is -4.49. The van der Waals surface area contributed by atoms with Crippen molar-refractivity contribution in [2.75, 3.05) is 13.1 Å². The van der Waals surface area contributed by atoms with E-state index >= 15 is 0 Å². The normalized spacial score (nSPS) is 18.2. The van der Waals surface area contributed by atoms with Crippen molar-refractivity contribution in [1.29, 1.82) is 0 Å². The van der Waals surface area contributed by atoms with Crippen molar-refractivity contribution in [2.24, 2.45) is 0 Å². The number of likely N-dealkylation sites (tertiary alicyclic amines) is 1. The zero-order valence-corrected chi connectivity index (χ0v) is 21.4. The molecule has 0 spiro atoms. The molecule has 1 amide bonds. The van der Waals surface area contributed by atoms with Crippen LogP contribution in [0, 0.1) is 5.82 Å². The van der Waals surface area contributed by atoms with E-state index in [2.05, 4.69) is 20.5 Å². The van der Waals surface area contributed by atoms with Gasteiger partial charge >= 0.3 is 24.3 Å². The third-order valence-electron chi connectivity index (χ3n) is 6.23. The summed E-state index contributed by atoms with van der Waals surface area (Å²) in [5.41, 5.74) is 2.84. The van der Waals surface area contributed by atoms with Crippen LogP contribution in [-0.4, -0.2) is 78.9 Å². The second kappa shape index (κ2) is 13.0. The molecule has 2 atom stereocenters. The minimum Gasteiger partial charge on any atom is -0.475 e. The van der Waals surface area contributed by atoms with Crippen molar-refractivity contribution in [3.63, 3.8) is 0 Å². The van der Waals surface area contributed by atoms with Crippen molar-refractivity contribution in [3.8, 4) is 0 Å². The fraction of sp³-hybridized carbons (Fsp3) is 0.308. The van der Waals surface area contributed by atoms with Crippen LogP contribution in [0.4, 0.5) is 30.7 Å². The number of alkyl halides is 6. The zero-order chi connectivity index (χ0) is 31.2. The average molecular weight is 604 g/mol. The summed E-state index contributed by atoms with van der Waals surface area (Å²) >= 11 is 0. The lowest BCUT2D eigenvalue weighted by Crippen LogP contribution is -2.49. The van der Waals surface area contributed by atoms with Crippen molar-refractivity contribution in [3.05, 3.63) is 89.8 Å². The van der Waals surface area contributed by atoms with Crippen LogP contribution >= 0.6 is 0 Å². The largest absolute Gasteiger partial charge is 0.490 e. The van der Waals surface area contributed by atoms with Crippen LogP contribution in [0.15, 0.2) is 67.1 Å². The van der Waals surface area contributed by atoms with Crippen LogP contribution in [0.25, 0.3) is 0 Å². The van der Waals surface area contributed by atoms with Gasteiger partial charge in [0, 0.05) is 44.8 Å². The van der Waals surface area contributed by atoms with Gasteiger partial charge in [-0.3, -0.25) is 14.7 Å². The second-order valence-electron chi connectivity index (χ2n) is 9.16. The first-order chi connectivity index (χ1) is 19.6. The molecule has 1 saturated heterocycles. The number of hydrogen-bond donors (Lipinski definition) is 2. The molecule has 0 radical (unpaired) electrons. The number of pyridine rings is 1. The average Bonchev–Trinajstić information content (AvgIpc) is 3.55. The zero-order valence-electron chi connectivity index (χ0n) is 21.4. The van der Waals surface area contributed by atoms with Crippen LogP contribution in [0.3, 0.4) is 0 Å². The van der Waals surface area contributed by atoms with E-state index < -0.39 is 24.3 Å². The Morgan fingerprint density at radius 3 is 1.93 bits per heavy atom. The SMILES string of the molecule is O=C(O)C(F)(F)F.O=C(O)C(F)(F)F.O=C1c2cccn2C2CN(Cc3cccnc3)CC2N1Cc1ccc(F)cc1. The fourth-order valence-electron chi connectivity index (χ4n) is 4.44. The van der Waals surface area contributed by atoms with Crippen LogP contribution < -0.4 is 0 Å². The quantitative estimate of drug-likeness (QED) is 0.425. The molecular formula is C26H23F7N4O5. The highest BCUT2D eigenvalue weighted by atomic mass is 19.4. The Labute approximate surface area is 233 Å². The predicted molar refractivity (Wildman–Crippen MR) is 130 cm³/mol. The van der Waals surface area contributed by atoms with Crippen LogP contribution in [0.1, 0.15) is 27.7 Å². The standard InChI is InChI=1S/C22H21FN4O.2C2HF3O2/c23-18-7-5-16(6-8-18)13-27-21-15-25(12-17-3-1-9-24-11-17)14-20(21)26-10-2-4-19(26)22(27)28;2*3-2(4,5)1(6)7/h1-11,20-21H,12-15H2;2*(H,6,7). The van der Waals surface area contributed by atoms with Gasteiger partial charge in [0.05, 0.1) is 12.1 Å². The minimum absolute atomic E-state index is 0.0406. The number of carboxylic acids is 2. The molecule has 2 unspecified atom stereocenters. The molecule has 0 saturated carbocycles. The molecular weight excluding hydrogens is 581 g/mol. The van der Waals surface area contributed by atoms with Gasteiger partial charge in [0.2, 0.25) is 0 Å². The molecule has 0 bridgehead atoms. The number of carbonyl (C=O) groups excluding carboxylic acids is 1. The fourth-order valence-corrected chi connectivity index (χ4v) is 4.44. The lowest BCUT2D eigenvalue weighted by molar-refractivity contribution is -0.193. The number of fused-ring (bicyclic) bond motifs is 3. The van der Waals surface area contributed by atoms with E-state index in [1.54, 1.807) is 18.3 Å². The number of halogens is 7. The van der Waals surface area contributed by atoms with Crippen molar-refractivity contribution in [2.45, 2.75) is 37.5 Å². The van der Waals surface area contributed by atoms with Gasteiger partial charge in [-0.05, 0) is 41.5 Å². The number of aromatic nitrogens is 2. The van der Waals surface area contributed by atoms with Crippen LogP contribution in [-0.2, 0) is 22.7 Å². The Morgan fingerprint density at radius 1 is 0.833 bits per heavy atom. The Kier molecular flexibility index (Phi) is 9.93. The number of nitrogens with zero attached hydrogens (tertiary/aromatic N) is 4. The molecule has 2 aliphatic rings. The smallest absolute Gasteiger partial charge is 0.475 e. The Bertz CT molecular complexity index is 1350. The number of hydrogen-bond acceptors (Lipinski definition) is 5. The second-order valence-corrected chi connectivity index (χ2v) is 9.16. The highest BCUT2D eigenvalue weighted by Crippen LogP contribution is 2.35. The molecule has 9 nitrogen and oxygen atoms in total. The van der Waals surface area contributed by atoms with Gasteiger partial charge in [-0.1, -0.05) is 18.2 Å². The monoisotopic (exact) mass is 604 g/mol. The van der Waals surface area contributed by atoms with Crippen LogP contribution in [0.5, 0.6) is 0 Å². The van der Waals surface area contributed by atoms with Crippen molar-refractivity contribution in [1.82, 2.24) is 19.4 Å². The number of aliphatic carboxylic acids is 2. The summed E-state index contributed by atoms with van der Waals surface area (Å²) < 4.78 is 78.9. The highest BCUT2D eigenvalue weighted by molar-refractivity contribution is 5.94. The molecule has 1 fully saturated rings. The first kappa shape index (κ1) is 32.0. The lowest BCUT2D eigenvalue weighted by atomic mass is 10.0. The lowest BCUT2D eigenvalue weighted by Gasteiger charge is -2.38. The van der Waals surface area contributed by atoms with E-state index in [0.717, 1.165) is 30.9 Å². The van der Waals surface area contributed by atoms with Gasteiger partial charge in [-0.2, -0.15) is 26.3 Å². The molecule has 2 N–H and O–H groups in total. The van der Waals surface area contributed by atoms with Gasteiger partial charge in [0.1, 0.15) is 11.5 Å². The van der Waals surface area contributed by atoms with Gasteiger partial charge in [-0.25, -0.2) is 14.0 Å². The Morgan fingerprint density at radius 2 is 1.40 bits per heavy atom. The summed E-state index contributed by atoms with van der Waals surface area (Å²) in [5, 5.41) is 14.2.